The number of ketones is 2. The largest absolute Gasteiger partial charge is 0.299 e. The number of hydrogen-bond donors (Lipinski definition) is 0. The lowest BCUT2D eigenvalue weighted by Crippen LogP contribution is -2.24. The van der Waals surface area contributed by atoms with Crippen molar-refractivity contribution in [3.63, 3.8) is 0 Å². The Morgan fingerprint density at radius 1 is 1.27 bits per heavy atom. The van der Waals surface area contributed by atoms with Crippen LogP contribution in [0.4, 0.5) is 4.39 Å². The zero-order valence-corrected chi connectivity index (χ0v) is 8.42. The van der Waals surface area contributed by atoms with Gasteiger partial charge in [-0.15, -0.1) is 0 Å². The third-order valence-corrected chi connectivity index (χ3v) is 2.98. The van der Waals surface area contributed by atoms with Gasteiger partial charge >= 0.3 is 0 Å². The molecule has 2 nitrogen and oxygen atoms in total. The molecule has 0 aliphatic heterocycles. The maximum absolute atomic E-state index is 13.3. The van der Waals surface area contributed by atoms with Crippen LogP contribution in [-0.2, 0) is 4.79 Å². The van der Waals surface area contributed by atoms with Crippen molar-refractivity contribution < 1.29 is 14.0 Å². The van der Waals surface area contributed by atoms with Crippen molar-refractivity contribution in [2.75, 3.05) is 0 Å². The summed E-state index contributed by atoms with van der Waals surface area (Å²) in [6, 6.07) is 5.80. The van der Waals surface area contributed by atoms with Crippen LogP contribution in [0.2, 0.25) is 0 Å². The van der Waals surface area contributed by atoms with E-state index in [9.17, 15) is 14.0 Å². The minimum absolute atomic E-state index is 0.0326. The molecule has 0 radical (unpaired) electrons. The highest BCUT2D eigenvalue weighted by atomic mass is 19.1. The van der Waals surface area contributed by atoms with E-state index in [0.717, 1.165) is 0 Å². The van der Waals surface area contributed by atoms with Gasteiger partial charge in [0.25, 0.3) is 0 Å². The second-order valence-electron chi connectivity index (χ2n) is 3.95. The Balaban J connectivity index is 2.38. The predicted octanol–water partition coefficient (Wildman–Crippen LogP) is 2.38. The first-order valence-corrected chi connectivity index (χ1v) is 4.88. The van der Waals surface area contributed by atoms with Crippen LogP contribution >= 0.6 is 0 Å². The van der Waals surface area contributed by atoms with E-state index in [0.29, 0.717) is 12.8 Å². The highest BCUT2D eigenvalue weighted by Crippen LogP contribution is 2.49. The van der Waals surface area contributed by atoms with E-state index in [1.807, 2.05) is 0 Å². The lowest BCUT2D eigenvalue weighted by molar-refractivity contribution is -0.120. The van der Waals surface area contributed by atoms with Crippen LogP contribution in [0.3, 0.4) is 0 Å². The molecule has 0 N–H and O–H groups in total. The third kappa shape index (κ3) is 1.48. The van der Waals surface area contributed by atoms with E-state index in [4.69, 9.17) is 0 Å². The van der Waals surface area contributed by atoms with Crippen molar-refractivity contribution in [1.82, 2.24) is 0 Å². The molecule has 0 heterocycles. The summed E-state index contributed by atoms with van der Waals surface area (Å²) < 4.78 is 13.3. The van der Waals surface area contributed by atoms with Crippen LogP contribution in [0.5, 0.6) is 0 Å². The molecule has 1 aliphatic rings. The topological polar surface area (TPSA) is 34.1 Å². The molecule has 2 rings (SSSR count). The van der Waals surface area contributed by atoms with Crippen LogP contribution in [-0.4, -0.2) is 11.6 Å². The van der Waals surface area contributed by atoms with E-state index in [-0.39, 0.29) is 17.1 Å². The standard InChI is InChI=1S/C12H11FO2/c1-8(14)12(6-7-12)11(15)9-4-2-3-5-10(9)13/h2-5H,6-7H2,1H3. The predicted molar refractivity (Wildman–Crippen MR) is 53.1 cm³/mol. The van der Waals surface area contributed by atoms with Gasteiger partial charge in [0.2, 0.25) is 0 Å². The summed E-state index contributed by atoms with van der Waals surface area (Å²) in [5.41, 5.74) is -0.882. The Morgan fingerprint density at radius 2 is 1.87 bits per heavy atom. The number of hydrogen-bond acceptors (Lipinski definition) is 2. The molecule has 0 saturated heterocycles. The van der Waals surface area contributed by atoms with Gasteiger partial charge in [0, 0.05) is 0 Å². The van der Waals surface area contributed by atoms with Crippen LogP contribution in [0.15, 0.2) is 24.3 Å². The van der Waals surface area contributed by atoms with Crippen LogP contribution < -0.4 is 0 Å². The minimum Gasteiger partial charge on any atom is -0.299 e. The van der Waals surface area contributed by atoms with Gasteiger partial charge in [-0.05, 0) is 31.9 Å². The average Bonchev–Trinajstić information content (AvgIpc) is 2.98. The van der Waals surface area contributed by atoms with Crippen LogP contribution in [0.1, 0.15) is 30.1 Å². The third-order valence-electron chi connectivity index (χ3n) is 2.98. The minimum atomic E-state index is -0.914. The molecule has 78 valence electrons. The lowest BCUT2D eigenvalue weighted by Gasteiger charge is -2.10. The van der Waals surface area contributed by atoms with E-state index >= 15 is 0 Å². The normalized spacial score (nSPS) is 17.2. The molecule has 0 aromatic heterocycles. The van der Waals surface area contributed by atoms with Gasteiger partial charge in [-0.3, -0.25) is 9.59 Å². The Labute approximate surface area is 87.1 Å². The summed E-state index contributed by atoms with van der Waals surface area (Å²) >= 11 is 0. The van der Waals surface area contributed by atoms with Gasteiger partial charge in [-0.1, -0.05) is 12.1 Å². The first-order chi connectivity index (χ1) is 7.08. The van der Waals surface area contributed by atoms with Gasteiger partial charge < -0.3 is 0 Å². The molecule has 0 atom stereocenters. The monoisotopic (exact) mass is 206 g/mol. The smallest absolute Gasteiger partial charge is 0.179 e. The summed E-state index contributed by atoms with van der Waals surface area (Å²) in [6.45, 7) is 1.39. The summed E-state index contributed by atoms with van der Waals surface area (Å²) in [6.07, 6.45) is 1.10. The van der Waals surface area contributed by atoms with Crippen molar-refractivity contribution in [3.05, 3.63) is 35.6 Å². The fourth-order valence-corrected chi connectivity index (χ4v) is 1.77. The molecule has 1 saturated carbocycles. The lowest BCUT2D eigenvalue weighted by atomic mass is 9.91. The average molecular weight is 206 g/mol. The Kier molecular flexibility index (Phi) is 2.18. The summed E-state index contributed by atoms with van der Waals surface area (Å²) in [5, 5.41) is 0. The number of carbonyl (C=O) groups excluding carboxylic acids is 2. The molecule has 0 spiro atoms. The molecule has 0 unspecified atom stereocenters. The van der Waals surface area contributed by atoms with Crippen molar-refractivity contribution >= 4 is 11.6 Å². The van der Waals surface area contributed by atoms with E-state index in [2.05, 4.69) is 0 Å². The van der Waals surface area contributed by atoms with Crippen LogP contribution in [0.25, 0.3) is 0 Å². The molecule has 1 fully saturated rings. The van der Waals surface area contributed by atoms with Crippen molar-refractivity contribution in [2.24, 2.45) is 5.41 Å². The SMILES string of the molecule is CC(=O)C1(C(=O)c2ccccc2F)CC1. The number of rotatable bonds is 3. The van der Waals surface area contributed by atoms with Gasteiger partial charge in [0.15, 0.2) is 5.78 Å². The van der Waals surface area contributed by atoms with Crippen molar-refractivity contribution in [2.45, 2.75) is 19.8 Å². The van der Waals surface area contributed by atoms with Gasteiger partial charge in [0.1, 0.15) is 11.6 Å². The summed E-state index contributed by atoms with van der Waals surface area (Å²) in [4.78, 5) is 23.2. The summed E-state index contributed by atoms with van der Waals surface area (Å²) in [7, 11) is 0. The van der Waals surface area contributed by atoms with E-state index in [1.165, 1.54) is 25.1 Å². The Bertz CT molecular complexity index is 433. The molecule has 3 heteroatoms. The second-order valence-corrected chi connectivity index (χ2v) is 3.95. The van der Waals surface area contributed by atoms with E-state index in [1.54, 1.807) is 6.07 Å². The quantitative estimate of drug-likeness (QED) is 0.562. The maximum atomic E-state index is 13.3. The maximum Gasteiger partial charge on any atom is 0.179 e. The highest BCUT2D eigenvalue weighted by Gasteiger charge is 2.54. The van der Waals surface area contributed by atoms with E-state index < -0.39 is 11.2 Å². The summed E-state index contributed by atoms with van der Waals surface area (Å²) in [5.74, 6) is -1.07. The second kappa shape index (κ2) is 3.26. The molecule has 0 amide bonds. The van der Waals surface area contributed by atoms with Crippen molar-refractivity contribution in [1.29, 1.82) is 0 Å². The zero-order valence-electron chi connectivity index (χ0n) is 8.42. The highest BCUT2D eigenvalue weighted by molar-refractivity contribution is 6.16. The van der Waals surface area contributed by atoms with Crippen LogP contribution in [0, 0.1) is 11.2 Å². The first kappa shape index (κ1) is 10.0. The van der Waals surface area contributed by atoms with Gasteiger partial charge in [-0.2, -0.15) is 0 Å². The van der Waals surface area contributed by atoms with Gasteiger partial charge in [-0.25, -0.2) is 4.39 Å². The molecule has 0 bridgehead atoms. The molecular weight excluding hydrogens is 195 g/mol. The number of halogens is 1. The molecule has 1 aromatic carbocycles. The van der Waals surface area contributed by atoms with Gasteiger partial charge in [0.05, 0.1) is 11.0 Å². The molecular formula is C12H11FO2. The number of benzene rings is 1. The molecule has 1 aromatic rings. The fourth-order valence-electron chi connectivity index (χ4n) is 1.77. The van der Waals surface area contributed by atoms with Crippen molar-refractivity contribution in [3.8, 4) is 0 Å². The number of Topliss-reactive ketones (excluding diaryl/α,β-unsaturated/α-hetero) is 2. The zero-order chi connectivity index (χ0) is 11.1. The fraction of sp³-hybridized carbons (Fsp3) is 0.333. The number of carbonyl (C=O) groups is 2. The first-order valence-electron chi connectivity index (χ1n) is 4.88. The molecule has 15 heavy (non-hydrogen) atoms. The Morgan fingerprint density at radius 3 is 2.33 bits per heavy atom. The molecule has 1 aliphatic carbocycles. The Hall–Kier alpha value is -1.51.